The lowest BCUT2D eigenvalue weighted by Gasteiger charge is -2.34. The summed E-state index contributed by atoms with van der Waals surface area (Å²) in [4.78, 5) is 8.99. The van der Waals surface area contributed by atoms with Gasteiger partial charge in [-0.1, -0.05) is 47.7 Å². The van der Waals surface area contributed by atoms with Gasteiger partial charge in [0, 0.05) is 50.7 Å². The molecule has 5 nitrogen and oxygen atoms in total. The lowest BCUT2D eigenvalue weighted by atomic mass is 10.2. The summed E-state index contributed by atoms with van der Waals surface area (Å²) in [5.41, 5.74) is 2.41. The zero-order chi connectivity index (χ0) is 16.2. The van der Waals surface area contributed by atoms with Gasteiger partial charge in [-0.15, -0.1) is 10.2 Å². The molecule has 0 aliphatic carbocycles. The van der Waals surface area contributed by atoms with E-state index in [2.05, 4.69) is 43.2 Å². The van der Waals surface area contributed by atoms with Crippen molar-refractivity contribution >= 4 is 16.5 Å². The first-order valence-electron chi connectivity index (χ1n) is 8.13. The number of hydrogen-bond acceptors (Lipinski definition) is 6. The van der Waals surface area contributed by atoms with E-state index in [1.54, 1.807) is 11.3 Å². The second kappa shape index (κ2) is 7.07. The molecule has 2 aromatic heterocycles. The Bertz CT molecular complexity index is 766. The highest BCUT2D eigenvalue weighted by Gasteiger charge is 2.20. The highest BCUT2D eigenvalue weighted by Crippen LogP contribution is 2.29. The van der Waals surface area contributed by atoms with Gasteiger partial charge in [0.05, 0.1) is 0 Å². The van der Waals surface area contributed by atoms with E-state index in [9.17, 15) is 0 Å². The van der Waals surface area contributed by atoms with Crippen LogP contribution in [0.1, 0.15) is 5.56 Å². The molecule has 0 unspecified atom stereocenters. The SMILES string of the molecule is c1ccc(-c2nnc(N3CCN(Cc4cccnc4)CC3)s2)cc1. The second-order valence-electron chi connectivity index (χ2n) is 5.88. The van der Waals surface area contributed by atoms with E-state index in [0.29, 0.717) is 0 Å². The van der Waals surface area contributed by atoms with Crippen molar-refractivity contribution in [2.24, 2.45) is 0 Å². The molecular weight excluding hydrogens is 318 g/mol. The molecule has 1 fully saturated rings. The minimum Gasteiger partial charge on any atom is -0.344 e. The van der Waals surface area contributed by atoms with Crippen molar-refractivity contribution in [3.05, 3.63) is 60.4 Å². The molecule has 1 saturated heterocycles. The fraction of sp³-hybridized carbons (Fsp3) is 0.278. The quantitative estimate of drug-likeness (QED) is 0.732. The minimum atomic E-state index is 0.965. The van der Waals surface area contributed by atoms with Crippen LogP contribution in [0.3, 0.4) is 0 Å². The zero-order valence-electron chi connectivity index (χ0n) is 13.4. The number of piperazine rings is 1. The van der Waals surface area contributed by atoms with Crippen LogP contribution in [0.25, 0.3) is 10.6 Å². The summed E-state index contributed by atoms with van der Waals surface area (Å²) < 4.78 is 0. The number of pyridine rings is 1. The molecule has 0 N–H and O–H groups in total. The van der Waals surface area contributed by atoms with Crippen molar-refractivity contribution in [3.8, 4) is 10.6 Å². The Labute approximate surface area is 145 Å². The molecule has 0 spiro atoms. The topological polar surface area (TPSA) is 45.2 Å². The van der Waals surface area contributed by atoms with E-state index < -0.39 is 0 Å². The third-order valence-electron chi connectivity index (χ3n) is 4.21. The lowest BCUT2D eigenvalue weighted by Crippen LogP contribution is -2.45. The van der Waals surface area contributed by atoms with Crippen LogP contribution in [0.5, 0.6) is 0 Å². The maximum atomic E-state index is 4.39. The van der Waals surface area contributed by atoms with Gasteiger partial charge in [0.1, 0.15) is 5.01 Å². The minimum absolute atomic E-state index is 0.965. The first-order valence-corrected chi connectivity index (χ1v) is 8.95. The van der Waals surface area contributed by atoms with Crippen molar-refractivity contribution in [1.29, 1.82) is 0 Å². The Morgan fingerprint density at radius 3 is 2.50 bits per heavy atom. The van der Waals surface area contributed by atoms with Crippen molar-refractivity contribution in [2.45, 2.75) is 6.54 Å². The molecule has 3 aromatic rings. The Morgan fingerprint density at radius 2 is 1.75 bits per heavy atom. The molecule has 0 radical (unpaired) electrons. The Morgan fingerprint density at radius 1 is 0.917 bits per heavy atom. The molecule has 0 atom stereocenters. The predicted octanol–water partition coefficient (Wildman–Crippen LogP) is 2.92. The number of rotatable bonds is 4. The first-order chi connectivity index (χ1) is 11.9. The van der Waals surface area contributed by atoms with Gasteiger partial charge in [-0.2, -0.15) is 0 Å². The molecule has 3 heterocycles. The maximum absolute atomic E-state index is 4.39. The van der Waals surface area contributed by atoms with Gasteiger partial charge in [-0.25, -0.2) is 0 Å². The molecule has 24 heavy (non-hydrogen) atoms. The lowest BCUT2D eigenvalue weighted by molar-refractivity contribution is 0.249. The fourth-order valence-corrected chi connectivity index (χ4v) is 3.79. The fourth-order valence-electron chi connectivity index (χ4n) is 2.89. The van der Waals surface area contributed by atoms with Gasteiger partial charge in [-0.05, 0) is 11.6 Å². The Kier molecular flexibility index (Phi) is 4.49. The van der Waals surface area contributed by atoms with Crippen LogP contribution in [0, 0.1) is 0 Å². The van der Waals surface area contributed by atoms with Gasteiger partial charge < -0.3 is 4.90 Å². The second-order valence-corrected chi connectivity index (χ2v) is 6.84. The van der Waals surface area contributed by atoms with Gasteiger partial charge in [0.15, 0.2) is 0 Å². The molecule has 6 heteroatoms. The van der Waals surface area contributed by atoms with Gasteiger partial charge in [0.25, 0.3) is 0 Å². The number of hydrogen-bond donors (Lipinski definition) is 0. The van der Waals surface area contributed by atoms with Crippen LogP contribution < -0.4 is 4.90 Å². The summed E-state index contributed by atoms with van der Waals surface area (Å²) in [6, 6.07) is 14.4. The Balaban J connectivity index is 1.37. The van der Waals surface area contributed by atoms with Crippen molar-refractivity contribution in [3.63, 3.8) is 0 Å². The van der Waals surface area contributed by atoms with E-state index in [1.165, 1.54) is 5.56 Å². The van der Waals surface area contributed by atoms with E-state index in [1.807, 2.05) is 36.7 Å². The number of benzene rings is 1. The van der Waals surface area contributed by atoms with E-state index in [-0.39, 0.29) is 0 Å². The monoisotopic (exact) mass is 337 g/mol. The number of nitrogens with zero attached hydrogens (tertiary/aromatic N) is 5. The molecule has 0 bridgehead atoms. The first kappa shape index (κ1) is 15.2. The molecule has 1 aliphatic rings. The van der Waals surface area contributed by atoms with E-state index in [0.717, 1.165) is 48.4 Å². The number of anilines is 1. The molecule has 1 aromatic carbocycles. The smallest absolute Gasteiger partial charge is 0.208 e. The summed E-state index contributed by atoms with van der Waals surface area (Å²) in [6.07, 6.45) is 3.77. The van der Waals surface area contributed by atoms with Gasteiger partial charge >= 0.3 is 0 Å². The van der Waals surface area contributed by atoms with Gasteiger partial charge in [0.2, 0.25) is 5.13 Å². The molecule has 122 valence electrons. The average molecular weight is 337 g/mol. The van der Waals surface area contributed by atoms with Crippen LogP contribution in [-0.2, 0) is 6.54 Å². The average Bonchev–Trinajstić information content (AvgIpc) is 3.14. The maximum Gasteiger partial charge on any atom is 0.208 e. The van der Waals surface area contributed by atoms with Crippen molar-refractivity contribution in [2.75, 3.05) is 31.1 Å². The summed E-state index contributed by atoms with van der Waals surface area (Å²) in [7, 11) is 0. The summed E-state index contributed by atoms with van der Waals surface area (Å²) in [6.45, 7) is 5.02. The highest BCUT2D eigenvalue weighted by molar-refractivity contribution is 7.18. The predicted molar refractivity (Wildman–Crippen MR) is 97.1 cm³/mol. The Hall–Kier alpha value is -2.31. The largest absolute Gasteiger partial charge is 0.344 e. The zero-order valence-corrected chi connectivity index (χ0v) is 14.2. The third-order valence-corrected chi connectivity index (χ3v) is 5.24. The molecule has 0 amide bonds. The summed E-state index contributed by atoms with van der Waals surface area (Å²) in [5.74, 6) is 0. The summed E-state index contributed by atoms with van der Waals surface area (Å²) in [5, 5.41) is 10.8. The highest BCUT2D eigenvalue weighted by atomic mass is 32.1. The van der Waals surface area contributed by atoms with Crippen LogP contribution in [0.2, 0.25) is 0 Å². The summed E-state index contributed by atoms with van der Waals surface area (Å²) >= 11 is 1.67. The van der Waals surface area contributed by atoms with Crippen molar-refractivity contribution in [1.82, 2.24) is 20.1 Å². The molecular formula is C18H19N5S. The third kappa shape index (κ3) is 3.44. The standard InChI is InChI=1S/C18H19N5S/c1-2-6-16(7-3-1)17-20-21-18(24-17)23-11-9-22(10-12-23)14-15-5-4-8-19-13-15/h1-8,13H,9-12,14H2. The number of aromatic nitrogens is 3. The normalized spacial score (nSPS) is 15.6. The van der Waals surface area contributed by atoms with Crippen LogP contribution >= 0.6 is 11.3 Å². The van der Waals surface area contributed by atoms with Crippen molar-refractivity contribution < 1.29 is 0 Å². The molecule has 1 aliphatic heterocycles. The van der Waals surface area contributed by atoms with E-state index in [4.69, 9.17) is 0 Å². The van der Waals surface area contributed by atoms with Gasteiger partial charge in [-0.3, -0.25) is 9.88 Å². The molecule has 4 rings (SSSR count). The van der Waals surface area contributed by atoms with E-state index >= 15 is 0 Å². The van der Waals surface area contributed by atoms with Crippen LogP contribution in [0.4, 0.5) is 5.13 Å². The molecule has 0 saturated carbocycles. The van der Waals surface area contributed by atoms with Crippen LogP contribution in [-0.4, -0.2) is 46.3 Å². The van der Waals surface area contributed by atoms with Crippen LogP contribution in [0.15, 0.2) is 54.9 Å².